The molecule has 5 nitrogen and oxygen atoms in total. The number of hydrogen-bond donors (Lipinski definition) is 2. The van der Waals surface area contributed by atoms with Gasteiger partial charge in [-0.2, -0.15) is 0 Å². The van der Waals surface area contributed by atoms with Crippen LogP contribution in [0.15, 0.2) is 58.9 Å². The molecule has 2 unspecified atom stereocenters. The molecule has 2 atom stereocenters. The SMILES string of the molecule is CCCN(CC)C(=O)C1C=CC(C2=CC3(CCNCC3)OC3CC=C(NSC)C=C23)=CCC1. The Hall–Kier alpha value is -1.76. The Bertz CT molecular complexity index is 880. The van der Waals surface area contributed by atoms with Gasteiger partial charge in [-0.1, -0.05) is 43.2 Å². The fourth-order valence-electron chi connectivity index (χ4n) is 5.39. The molecule has 33 heavy (non-hydrogen) atoms. The molecule has 1 saturated heterocycles. The van der Waals surface area contributed by atoms with Gasteiger partial charge in [-0.25, -0.2) is 0 Å². The number of carbonyl (C=O) groups excluding carboxylic acids is 1. The van der Waals surface area contributed by atoms with Gasteiger partial charge in [0.05, 0.1) is 17.6 Å². The van der Waals surface area contributed by atoms with Gasteiger partial charge in [0.25, 0.3) is 0 Å². The second-order valence-corrected chi connectivity index (χ2v) is 10.0. The van der Waals surface area contributed by atoms with E-state index in [-0.39, 0.29) is 23.5 Å². The second-order valence-electron chi connectivity index (χ2n) is 9.40. The fraction of sp³-hybridized carbons (Fsp3) is 0.593. The van der Waals surface area contributed by atoms with E-state index in [0.717, 1.165) is 70.4 Å². The molecule has 0 saturated carbocycles. The number of ether oxygens (including phenoxy) is 1. The van der Waals surface area contributed by atoms with E-state index in [1.165, 1.54) is 16.7 Å². The van der Waals surface area contributed by atoms with Crippen LogP contribution in [0.2, 0.25) is 0 Å². The predicted molar refractivity (Wildman–Crippen MR) is 138 cm³/mol. The lowest BCUT2D eigenvalue weighted by molar-refractivity contribution is -0.134. The smallest absolute Gasteiger partial charge is 0.229 e. The Morgan fingerprint density at radius 3 is 2.85 bits per heavy atom. The van der Waals surface area contributed by atoms with Crippen molar-refractivity contribution < 1.29 is 9.53 Å². The number of allylic oxidation sites excluding steroid dienone is 4. The first kappa shape index (κ1) is 24.4. The zero-order chi connectivity index (χ0) is 23.3. The maximum Gasteiger partial charge on any atom is 0.229 e. The molecule has 1 fully saturated rings. The molecule has 4 rings (SSSR count). The van der Waals surface area contributed by atoms with Crippen molar-refractivity contribution in [1.29, 1.82) is 0 Å². The van der Waals surface area contributed by atoms with Crippen molar-refractivity contribution in [2.75, 3.05) is 32.4 Å². The molecule has 0 aromatic carbocycles. The van der Waals surface area contributed by atoms with Crippen molar-refractivity contribution in [3.63, 3.8) is 0 Å². The van der Waals surface area contributed by atoms with Crippen LogP contribution in [0.3, 0.4) is 0 Å². The molecule has 180 valence electrons. The third-order valence-corrected chi connectivity index (χ3v) is 7.58. The number of amides is 1. The fourth-order valence-corrected chi connectivity index (χ4v) is 5.77. The summed E-state index contributed by atoms with van der Waals surface area (Å²) in [5.41, 5.74) is 4.75. The molecular weight excluding hydrogens is 430 g/mol. The van der Waals surface area contributed by atoms with Crippen LogP contribution in [0.5, 0.6) is 0 Å². The third kappa shape index (κ3) is 5.50. The van der Waals surface area contributed by atoms with Crippen molar-refractivity contribution in [3.05, 3.63) is 58.9 Å². The lowest BCUT2D eigenvalue weighted by Gasteiger charge is -2.44. The minimum atomic E-state index is -0.197. The standard InChI is InChI=1S/C27H39N3O2S/c1-4-17-30(5-2)26(31)21-8-6-7-20(9-10-21)24-19-27(13-15-28-16-14-27)32-25-12-11-22(29-33-3)18-23(24)25/h7,9-11,18-19,21,25,28-29H,4-6,8,12-17H2,1-3H3. The van der Waals surface area contributed by atoms with Crippen LogP contribution in [-0.2, 0) is 9.53 Å². The molecule has 6 heteroatoms. The van der Waals surface area contributed by atoms with Crippen LogP contribution in [0, 0.1) is 5.92 Å². The van der Waals surface area contributed by atoms with Crippen molar-refractivity contribution >= 4 is 17.9 Å². The van der Waals surface area contributed by atoms with Crippen LogP contribution in [0.4, 0.5) is 0 Å². The van der Waals surface area contributed by atoms with Gasteiger partial charge in [0.1, 0.15) is 0 Å². The molecule has 0 radical (unpaired) electrons. The zero-order valence-corrected chi connectivity index (χ0v) is 21.2. The average molecular weight is 470 g/mol. The van der Waals surface area contributed by atoms with E-state index in [1.54, 1.807) is 11.9 Å². The van der Waals surface area contributed by atoms with Crippen LogP contribution in [0.1, 0.15) is 52.4 Å². The minimum absolute atomic E-state index is 0.0386. The Morgan fingerprint density at radius 2 is 2.12 bits per heavy atom. The Balaban J connectivity index is 1.64. The van der Waals surface area contributed by atoms with Gasteiger partial charge < -0.3 is 19.7 Å². The normalized spacial score (nSPS) is 26.4. The highest BCUT2D eigenvalue weighted by Gasteiger charge is 2.41. The number of carbonyl (C=O) groups is 1. The topological polar surface area (TPSA) is 53.6 Å². The maximum atomic E-state index is 13.1. The predicted octanol–water partition coefficient (Wildman–Crippen LogP) is 4.67. The molecule has 0 aromatic heterocycles. The van der Waals surface area contributed by atoms with Gasteiger partial charge >= 0.3 is 0 Å². The van der Waals surface area contributed by atoms with Crippen molar-refractivity contribution in [3.8, 4) is 0 Å². The lowest BCUT2D eigenvalue weighted by Crippen LogP contribution is -2.48. The average Bonchev–Trinajstić information content (AvgIpc) is 3.09. The molecule has 1 spiro atoms. The third-order valence-electron chi connectivity index (χ3n) is 7.14. The largest absolute Gasteiger partial charge is 0.363 e. The van der Waals surface area contributed by atoms with Gasteiger partial charge in [-0.05, 0) is 87.4 Å². The first-order valence-electron chi connectivity index (χ1n) is 12.6. The summed E-state index contributed by atoms with van der Waals surface area (Å²) in [5.74, 6) is 0.230. The number of rotatable bonds is 7. The molecule has 0 aromatic rings. The molecule has 0 bridgehead atoms. The highest BCUT2D eigenvalue weighted by molar-refractivity contribution is 7.96. The molecule has 4 aliphatic rings. The Kier molecular flexibility index (Phi) is 8.20. The number of nitrogens with zero attached hydrogens (tertiary/aromatic N) is 1. The van der Waals surface area contributed by atoms with Crippen molar-refractivity contribution in [2.24, 2.45) is 5.92 Å². The number of piperidine rings is 1. The van der Waals surface area contributed by atoms with E-state index in [2.05, 4.69) is 66.6 Å². The van der Waals surface area contributed by atoms with E-state index in [9.17, 15) is 4.79 Å². The quantitative estimate of drug-likeness (QED) is 0.531. The van der Waals surface area contributed by atoms with E-state index in [1.807, 2.05) is 4.90 Å². The van der Waals surface area contributed by atoms with E-state index in [0.29, 0.717) is 0 Å². The van der Waals surface area contributed by atoms with Crippen molar-refractivity contribution in [1.82, 2.24) is 14.9 Å². The maximum absolute atomic E-state index is 13.1. The summed E-state index contributed by atoms with van der Waals surface area (Å²) in [6.07, 6.45) is 21.4. The number of hydrogen-bond acceptors (Lipinski definition) is 5. The molecule has 2 heterocycles. The number of nitrogens with one attached hydrogen (secondary N) is 2. The Labute approximate surface area is 203 Å². The van der Waals surface area contributed by atoms with Crippen molar-refractivity contribution in [2.45, 2.75) is 64.1 Å². The molecule has 2 N–H and O–H groups in total. The molecule has 1 amide bonds. The first-order chi connectivity index (χ1) is 16.1. The van der Waals surface area contributed by atoms with Crippen LogP contribution < -0.4 is 10.0 Å². The molecule has 2 aliphatic heterocycles. The number of fused-ring (bicyclic) bond motifs is 1. The van der Waals surface area contributed by atoms with E-state index < -0.39 is 0 Å². The minimum Gasteiger partial charge on any atom is -0.363 e. The van der Waals surface area contributed by atoms with Crippen LogP contribution in [0.25, 0.3) is 0 Å². The van der Waals surface area contributed by atoms with E-state index in [4.69, 9.17) is 4.74 Å². The van der Waals surface area contributed by atoms with Crippen LogP contribution in [-0.4, -0.2) is 54.9 Å². The van der Waals surface area contributed by atoms with Gasteiger partial charge in [-0.15, -0.1) is 0 Å². The monoisotopic (exact) mass is 469 g/mol. The Morgan fingerprint density at radius 1 is 1.30 bits per heavy atom. The van der Waals surface area contributed by atoms with Gasteiger partial charge in [0.2, 0.25) is 5.91 Å². The first-order valence-corrected chi connectivity index (χ1v) is 13.8. The van der Waals surface area contributed by atoms with Gasteiger partial charge in [0, 0.05) is 25.0 Å². The van der Waals surface area contributed by atoms with E-state index >= 15 is 0 Å². The van der Waals surface area contributed by atoms with Gasteiger partial charge in [-0.3, -0.25) is 4.79 Å². The van der Waals surface area contributed by atoms with Crippen LogP contribution >= 0.6 is 11.9 Å². The summed E-state index contributed by atoms with van der Waals surface area (Å²) >= 11 is 1.62. The summed E-state index contributed by atoms with van der Waals surface area (Å²) in [6, 6.07) is 0. The highest BCUT2D eigenvalue weighted by Crippen LogP contribution is 2.43. The highest BCUT2D eigenvalue weighted by atomic mass is 32.2. The summed E-state index contributed by atoms with van der Waals surface area (Å²) in [7, 11) is 0. The summed E-state index contributed by atoms with van der Waals surface area (Å²) in [4.78, 5) is 15.1. The second kappa shape index (κ2) is 11.1. The van der Waals surface area contributed by atoms with Gasteiger partial charge in [0.15, 0.2) is 0 Å². The lowest BCUT2D eigenvalue weighted by atomic mass is 9.79. The summed E-state index contributed by atoms with van der Waals surface area (Å²) in [5, 5.41) is 3.48. The zero-order valence-electron chi connectivity index (χ0n) is 20.4. The molecular formula is C27H39N3O2S. The summed E-state index contributed by atoms with van der Waals surface area (Å²) in [6.45, 7) is 7.80. The molecule has 2 aliphatic carbocycles. The summed E-state index contributed by atoms with van der Waals surface area (Å²) < 4.78 is 10.2.